The van der Waals surface area contributed by atoms with E-state index in [0.717, 1.165) is 10.2 Å². The molecule has 0 radical (unpaired) electrons. The first-order valence-corrected chi connectivity index (χ1v) is 4.75. The molecule has 0 unspecified atom stereocenters. The molecule has 0 atom stereocenters. The predicted molar refractivity (Wildman–Crippen MR) is 56.2 cm³/mol. The lowest BCUT2D eigenvalue weighted by Crippen LogP contribution is -2.19. The minimum absolute atomic E-state index is 0.000162. The topological polar surface area (TPSA) is 63.8 Å². The molecule has 1 aromatic heterocycles. The maximum absolute atomic E-state index is 5.33. The SMILES string of the molecule is CC(C)(C)c1cc(Br)nnc1NN. The third-order valence-electron chi connectivity index (χ3n) is 1.71. The van der Waals surface area contributed by atoms with Gasteiger partial charge in [0.2, 0.25) is 0 Å². The van der Waals surface area contributed by atoms with E-state index < -0.39 is 0 Å². The monoisotopic (exact) mass is 244 g/mol. The molecule has 0 aliphatic carbocycles. The normalized spacial score (nSPS) is 11.5. The second kappa shape index (κ2) is 3.59. The van der Waals surface area contributed by atoms with Crippen LogP contribution in [0.3, 0.4) is 0 Å². The minimum Gasteiger partial charge on any atom is -0.307 e. The molecule has 0 saturated heterocycles. The first-order valence-electron chi connectivity index (χ1n) is 3.95. The van der Waals surface area contributed by atoms with Crippen LogP contribution in [0.25, 0.3) is 0 Å². The summed E-state index contributed by atoms with van der Waals surface area (Å²) in [6, 6.07) is 1.92. The largest absolute Gasteiger partial charge is 0.307 e. The molecule has 0 spiro atoms. The second-order valence-corrected chi connectivity index (χ2v) is 4.64. The zero-order chi connectivity index (χ0) is 10.1. The van der Waals surface area contributed by atoms with Crippen molar-refractivity contribution in [1.29, 1.82) is 0 Å². The summed E-state index contributed by atoms with van der Waals surface area (Å²) in [4.78, 5) is 0. The zero-order valence-electron chi connectivity index (χ0n) is 7.93. The van der Waals surface area contributed by atoms with Crippen LogP contribution in [0.2, 0.25) is 0 Å². The Bertz CT molecular complexity index is 306. The van der Waals surface area contributed by atoms with E-state index in [1.165, 1.54) is 0 Å². The summed E-state index contributed by atoms with van der Waals surface area (Å²) in [6.45, 7) is 6.28. The number of hydrogen-bond donors (Lipinski definition) is 2. The van der Waals surface area contributed by atoms with Gasteiger partial charge in [0.05, 0.1) is 0 Å². The van der Waals surface area contributed by atoms with Gasteiger partial charge in [-0.2, -0.15) is 0 Å². The number of nitrogens with one attached hydrogen (secondary N) is 1. The Balaban J connectivity index is 3.24. The van der Waals surface area contributed by atoms with Crippen molar-refractivity contribution in [2.75, 3.05) is 5.43 Å². The third kappa shape index (κ3) is 2.38. The van der Waals surface area contributed by atoms with Gasteiger partial charge in [-0.1, -0.05) is 20.8 Å². The Morgan fingerprint density at radius 2 is 2.00 bits per heavy atom. The molecule has 0 aliphatic rings. The smallest absolute Gasteiger partial charge is 0.166 e. The maximum atomic E-state index is 5.33. The number of aromatic nitrogens is 2. The van der Waals surface area contributed by atoms with Crippen molar-refractivity contribution in [2.24, 2.45) is 5.84 Å². The first-order chi connectivity index (χ1) is 5.95. The fraction of sp³-hybridized carbons (Fsp3) is 0.500. The first kappa shape index (κ1) is 10.4. The zero-order valence-corrected chi connectivity index (χ0v) is 9.51. The molecule has 0 saturated carbocycles. The van der Waals surface area contributed by atoms with E-state index in [9.17, 15) is 0 Å². The van der Waals surface area contributed by atoms with Gasteiger partial charge >= 0.3 is 0 Å². The van der Waals surface area contributed by atoms with Crippen LogP contribution in [-0.2, 0) is 5.41 Å². The fourth-order valence-electron chi connectivity index (χ4n) is 1.05. The fourth-order valence-corrected chi connectivity index (χ4v) is 1.35. The van der Waals surface area contributed by atoms with Crippen LogP contribution < -0.4 is 11.3 Å². The van der Waals surface area contributed by atoms with Crippen LogP contribution in [0, 0.1) is 0 Å². The molecule has 13 heavy (non-hydrogen) atoms. The minimum atomic E-state index is 0.000162. The summed E-state index contributed by atoms with van der Waals surface area (Å²) in [6.07, 6.45) is 0. The Morgan fingerprint density at radius 3 is 2.46 bits per heavy atom. The molecule has 5 heteroatoms. The van der Waals surface area contributed by atoms with Gasteiger partial charge in [0, 0.05) is 5.56 Å². The van der Waals surface area contributed by atoms with Gasteiger partial charge < -0.3 is 5.43 Å². The van der Waals surface area contributed by atoms with Gasteiger partial charge in [0.15, 0.2) is 5.82 Å². The summed E-state index contributed by atoms with van der Waals surface area (Å²) in [7, 11) is 0. The van der Waals surface area contributed by atoms with Crippen molar-refractivity contribution in [2.45, 2.75) is 26.2 Å². The highest BCUT2D eigenvalue weighted by Gasteiger charge is 2.19. The maximum Gasteiger partial charge on any atom is 0.166 e. The molecule has 3 N–H and O–H groups in total. The lowest BCUT2D eigenvalue weighted by molar-refractivity contribution is 0.586. The van der Waals surface area contributed by atoms with Crippen LogP contribution in [0.4, 0.5) is 5.82 Å². The Labute approximate surface area is 86.0 Å². The highest BCUT2D eigenvalue weighted by atomic mass is 79.9. The van der Waals surface area contributed by atoms with Crippen LogP contribution in [-0.4, -0.2) is 10.2 Å². The number of anilines is 1. The number of nitrogens with zero attached hydrogens (tertiary/aromatic N) is 2. The molecule has 1 heterocycles. The Morgan fingerprint density at radius 1 is 1.38 bits per heavy atom. The molecular weight excluding hydrogens is 232 g/mol. The summed E-state index contributed by atoms with van der Waals surface area (Å²) >= 11 is 3.28. The van der Waals surface area contributed by atoms with Crippen LogP contribution in [0.5, 0.6) is 0 Å². The quantitative estimate of drug-likeness (QED) is 0.585. The second-order valence-electron chi connectivity index (χ2n) is 3.82. The summed E-state index contributed by atoms with van der Waals surface area (Å²) in [5.74, 6) is 5.95. The third-order valence-corrected chi connectivity index (χ3v) is 2.10. The van der Waals surface area contributed by atoms with E-state index in [1.54, 1.807) is 0 Å². The molecular formula is C8H13BrN4. The highest BCUT2D eigenvalue weighted by molar-refractivity contribution is 9.10. The van der Waals surface area contributed by atoms with Crippen molar-refractivity contribution in [1.82, 2.24) is 10.2 Å². The van der Waals surface area contributed by atoms with Crippen molar-refractivity contribution in [3.8, 4) is 0 Å². The molecule has 0 amide bonds. The molecule has 72 valence electrons. The van der Waals surface area contributed by atoms with Crippen LogP contribution >= 0.6 is 15.9 Å². The van der Waals surface area contributed by atoms with Gasteiger partial charge in [-0.3, -0.25) is 0 Å². The van der Waals surface area contributed by atoms with Gasteiger partial charge in [-0.25, -0.2) is 5.84 Å². The number of rotatable bonds is 1. The predicted octanol–water partition coefficient (Wildman–Crippen LogP) is 1.82. The lowest BCUT2D eigenvalue weighted by Gasteiger charge is -2.21. The molecule has 0 bridgehead atoms. The Kier molecular flexibility index (Phi) is 2.87. The molecule has 0 aromatic carbocycles. The van der Waals surface area contributed by atoms with Gasteiger partial charge in [-0.15, -0.1) is 10.2 Å². The number of hydrogen-bond acceptors (Lipinski definition) is 4. The molecule has 4 nitrogen and oxygen atoms in total. The average Bonchev–Trinajstić information content (AvgIpc) is 2.03. The molecule has 1 rings (SSSR count). The number of nitrogen functional groups attached to an aromatic ring is 1. The Hall–Kier alpha value is -0.680. The van der Waals surface area contributed by atoms with Gasteiger partial charge in [0.25, 0.3) is 0 Å². The van der Waals surface area contributed by atoms with E-state index in [2.05, 4.69) is 52.3 Å². The van der Waals surface area contributed by atoms with Gasteiger partial charge in [-0.05, 0) is 27.4 Å². The molecule has 0 fully saturated rings. The van der Waals surface area contributed by atoms with E-state index in [-0.39, 0.29) is 5.41 Å². The summed E-state index contributed by atoms with van der Waals surface area (Å²) < 4.78 is 0.719. The van der Waals surface area contributed by atoms with Gasteiger partial charge in [0.1, 0.15) is 4.60 Å². The van der Waals surface area contributed by atoms with Crippen molar-refractivity contribution >= 4 is 21.7 Å². The summed E-state index contributed by atoms with van der Waals surface area (Å²) in [5.41, 5.74) is 3.57. The van der Waals surface area contributed by atoms with E-state index in [0.29, 0.717) is 5.82 Å². The highest BCUT2D eigenvalue weighted by Crippen LogP contribution is 2.28. The van der Waals surface area contributed by atoms with Crippen molar-refractivity contribution in [3.63, 3.8) is 0 Å². The van der Waals surface area contributed by atoms with Crippen LogP contribution in [0.1, 0.15) is 26.3 Å². The van der Waals surface area contributed by atoms with E-state index >= 15 is 0 Å². The summed E-state index contributed by atoms with van der Waals surface area (Å²) in [5, 5.41) is 7.78. The lowest BCUT2D eigenvalue weighted by atomic mass is 9.88. The van der Waals surface area contributed by atoms with Crippen molar-refractivity contribution in [3.05, 3.63) is 16.2 Å². The molecule has 1 aromatic rings. The van der Waals surface area contributed by atoms with E-state index in [4.69, 9.17) is 5.84 Å². The number of halogens is 1. The van der Waals surface area contributed by atoms with E-state index in [1.807, 2.05) is 6.07 Å². The molecule has 0 aliphatic heterocycles. The average molecular weight is 245 g/mol. The number of hydrazine groups is 1. The van der Waals surface area contributed by atoms with Crippen LogP contribution in [0.15, 0.2) is 10.7 Å². The standard InChI is InChI=1S/C8H13BrN4/c1-8(2,3)5-4-6(9)12-13-7(5)11-10/h4H,10H2,1-3H3,(H,11,13). The van der Waals surface area contributed by atoms with Crippen molar-refractivity contribution < 1.29 is 0 Å². The number of nitrogens with two attached hydrogens (primary N) is 1.